The van der Waals surface area contributed by atoms with Crippen LogP contribution < -0.4 is 20.4 Å². The minimum atomic E-state index is -4.82. The zero-order valence-electron chi connectivity index (χ0n) is 21.8. The van der Waals surface area contributed by atoms with E-state index in [1.165, 1.54) is 18.0 Å². The first kappa shape index (κ1) is 28.5. The van der Waals surface area contributed by atoms with Crippen LogP contribution in [0.25, 0.3) is 0 Å². The molecule has 1 fully saturated rings. The van der Waals surface area contributed by atoms with Gasteiger partial charge in [0, 0.05) is 31.7 Å². The van der Waals surface area contributed by atoms with Crippen LogP contribution in [0.5, 0.6) is 0 Å². The van der Waals surface area contributed by atoms with Gasteiger partial charge in [0.25, 0.3) is 11.8 Å². The number of alkyl halides is 5. The van der Waals surface area contributed by atoms with Crippen molar-refractivity contribution >= 4 is 35.0 Å². The van der Waals surface area contributed by atoms with Gasteiger partial charge in [0.15, 0.2) is 5.82 Å². The number of fused-ring (bicyclic) bond motifs is 1. The monoisotopic (exact) mass is 555 g/mol. The second-order valence-electron chi connectivity index (χ2n) is 9.98. The maximum absolute atomic E-state index is 14.8. The summed E-state index contributed by atoms with van der Waals surface area (Å²) in [4.78, 5) is 37.1. The number of rotatable bonds is 7. The van der Waals surface area contributed by atoms with Gasteiger partial charge in [0.05, 0.1) is 24.0 Å². The number of carbonyl (C=O) groups is 2. The Morgan fingerprint density at radius 2 is 1.90 bits per heavy atom. The smallest absolute Gasteiger partial charge is 0.351 e. The lowest BCUT2D eigenvalue weighted by Crippen LogP contribution is -2.48. The van der Waals surface area contributed by atoms with E-state index in [0.717, 1.165) is 36.1 Å². The van der Waals surface area contributed by atoms with Crippen molar-refractivity contribution in [1.29, 1.82) is 0 Å². The number of amides is 2. The molecule has 2 aromatic rings. The largest absolute Gasteiger partial charge is 0.418 e. The third-order valence-electron chi connectivity index (χ3n) is 6.81. The van der Waals surface area contributed by atoms with Gasteiger partial charge in [-0.05, 0) is 45.1 Å². The molecule has 2 aliphatic rings. The fraction of sp³-hybridized carbons (Fsp3) is 0.520. The van der Waals surface area contributed by atoms with E-state index in [0.29, 0.717) is 19.4 Å². The van der Waals surface area contributed by atoms with E-state index in [-0.39, 0.29) is 35.6 Å². The molecular weight excluding hydrogens is 525 g/mol. The second-order valence-corrected chi connectivity index (χ2v) is 9.98. The fourth-order valence-electron chi connectivity index (χ4n) is 4.75. The molecule has 14 heteroatoms. The molecule has 1 aliphatic heterocycles. The number of hydrogen-bond acceptors (Lipinski definition) is 7. The molecule has 1 aliphatic carbocycles. The second kappa shape index (κ2) is 10.9. The Kier molecular flexibility index (Phi) is 7.96. The number of likely N-dealkylation sites (N-methyl/N-ethyl adjacent to an activating group) is 1. The van der Waals surface area contributed by atoms with Gasteiger partial charge < -0.3 is 25.3 Å². The van der Waals surface area contributed by atoms with E-state index >= 15 is 0 Å². The summed E-state index contributed by atoms with van der Waals surface area (Å²) < 4.78 is 71.5. The summed E-state index contributed by atoms with van der Waals surface area (Å²) >= 11 is 0. The van der Waals surface area contributed by atoms with Crippen LogP contribution in [0.15, 0.2) is 24.4 Å². The lowest BCUT2D eigenvalue weighted by Gasteiger charge is -2.31. The van der Waals surface area contributed by atoms with E-state index in [9.17, 15) is 31.5 Å². The Morgan fingerprint density at radius 3 is 2.54 bits per heavy atom. The predicted octanol–water partition coefficient (Wildman–Crippen LogP) is 3.89. The minimum Gasteiger partial charge on any atom is -0.351 e. The molecule has 1 saturated carbocycles. The molecule has 2 amide bonds. The minimum absolute atomic E-state index is 0.0374. The molecule has 0 bridgehead atoms. The first-order valence-corrected chi connectivity index (χ1v) is 12.5. The summed E-state index contributed by atoms with van der Waals surface area (Å²) in [5.74, 6) is -5.98. The first-order valence-electron chi connectivity index (χ1n) is 12.5. The Labute approximate surface area is 222 Å². The van der Waals surface area contributed by atoms with Gasteiger partial charge in [0.1, 0.15) is 5.69 Å². The summed E-state index contributed by atoms with van der Waals surface area (Å²) in [5.41, 5.74) is -1.67. The molecule has 1 aromatic heterocycles. The van der Waals surface area contributed by atoms with Crippen molar-refractivity contribution in [1.82, 2.24) is 20.2 Å². The quantitative estimate of drug-likeness (QED) is 0.501. The van der Waals surface area contributed by atoms with Crippen LogP contribution in [-0.4, -0.2) is 79.4 Å². The number of halogens is 5. The highest BCUT2D eigenvalue weighted by molar-refractivity contribution is 6.02. The van der Waals surface area contributed by atoms with Crippen LogP contribution >= 0.6 is 0 Å². The summed E-state index contributed by atoms with van der Waals surface area (Å²) in [7, 11) is 4.79. The van der Waals surface area contributed by atoms with Crippen LogP contribution in [0.2, 0.25) is 0 Å². The van der Waals surface area contributed by atoms with E-state index in [1.54, 1.807) is 14.1 Å². The van der Waals surface area contributed by atoms with Crippen molar-refractivity contribution in [2.45, 2.75) is 43.8 Å². The average molecular weight is 556 g/mol. The number of anilines is 4. The first-order chi connectivity index (χ1) is 18.3. The van der Waals surface area contributed by atoms with Crippen molar-refractivity contribution in [2.24, 2.45) is 0 Å². The van der Waals surface area contributed by atoms with Crippen molar-refractivity contribution in [3.8, 4) is 0 Å². The number of nitrogens with zero attached hydrogens (tertiary/aromatic N) is 5. The van der Waals surface area contributed by atoms with Crippen molar-refractivity contribution in [2.75, 3.05) is 55.9 Å². The highest BCUT2D eigenvalue weighted by Gasteiger charge is 2.49. The molecule has 0 unspecified atom stereocenters. The van der Waals surface area contributed by atoms with E-state index in [1.807, 2.05) is 4.90 Å². The van der Waals surface area contributed by atoms with E-state index in [4.69, 9.17) is 0 Å². The Bertz CT molecular complexity index is 1230. The van der Waals surface area contributed by atoms with Gasteiger partial charge >= 0.3 is 12.1 Å². The molecule has 39 heavy (non-hydrogen) atoms. The molecule has 2 N–H and O–H groups in total. The van der Waals surface area contributed by atoms with Crippen LogP contribution in [0.3, 0.4) is 0 Å². The number of nitrogens with one attached hydrogen (secondary N) is 2. The topological polar surface area (TPSA) is 93.7 Å². The summed E-state index contributed by atoms with van der Waals surface area (Å²) in [5, 5.41) is 5.11. The van der Waals surface area contributed by atoms with Gasteiger partial charge in [-0.15, -0.1) is 0 Å². The molecule has 0 saturated heterocycles. The van der Waals surface area contributed by atoms with Crippen LogP contribution in [0, 0.1) is 0 Å². The van der Waals surface area contributed by atoms with Gasteiger partial charge in [-0.2, -0.15) is 26.9 Å². The molecule has 1 aromatic carbocycles. The molecule has 212 valence electrons. The van der Waals surface area contributed by atoms with E-state index < -0.39 is 41.7 Å². The molecule has 0 radical (unpaired) electrons. The zero-order chi connectivity index (χ0) is 28.5. The van der Waals surface area contributed by atoms with Gasteiger partial charge in [0.2, 0.25) is 5.95 Å². The molecule has 4 rings (SSSR count). The number of carbonyl (C=O) groups excluding carboxylic acids is 2. The lowest BCUT2D eigenvalue weighted by molar-refractivity contribution is -0.140. The molecule has 2 heterocycles. The maximum Gasteiger partial charge on any atom is 0.418 e. The number of aromatic nitrogens is 2. The highest BCUT2D eigenvalue weighted by atomic mass is 19.4. The third kappa shape index (κ3) is 6.21. The van der Waals surface area contributed by atoms with Gasteiger partial charge in [-0.3, -0.25) is 9.59 Å². The van der Waals surface area contributed by atoms with E-state index in [2.05, 4.69) is 20.6 Å². The maximum atomic E-state index is 14.8. The van der Waals surface area contributed by atoms with Crippen molar-refractivity contribution in [3.63, 3.8) is 0 Å². The summed E-state index contributed by atoms with van der Waals surface area (Å²) in [6.07, 6.45) is -0.782. The van der Waals surface area contributed by atoms with Crippen molar-refractivity contribution < 1.29 is 31.5 Å². The molecule has 0 atom stereocenters. The lowest BCUT2D eigenvalue weighted by atomic mass is 10.1. The fourth-order valence-corrected chi connectivity index (χ4v) is 4.75. The highest BCUT2D eigenvalue weighted by Crippen LogP contribution is 2.41. The van der Waals surface area contributed by atoms with Gasteiger partial charge in [-0.25, -0.2) is 4.98 Å². The summed E-state index contributed by atoms with van der Waals surface area (Å²) in [6, 6.07) is 2.77. The Balaban J connectivity index is 1.67. The SMILES string of the molecule is CN(C)CCNC(=O)c1ccc(Nc2ncc3c(n2)N(C2CCCC2)CC(F)(F)C(=O)N3C)c(C(F)(F)F)c1. The number of benzene rings is 1. The van der Waals surface area contributed by atoms with Gasteiger partial charge in [-0.1, -0.05) is 12.8 Å². The molecule has 0 spiro atoms. The Morgan fingerprint density at radius 1 is 1.21 bits per heavy atom. The zero-order valence-corrected chi connectivity index (χ0v) is 21.8. The van der Waals surface area contributed by atoms with Crippen LogP contribution in [-0.2, 0) is 11.0 Å². The van der Waals surface area contributed by atoms with Crippen LogP contribution in [0.4, 0.5) is 45.1 Å². The molecule has 9 nitrogen and oxygen atoms in total. The molecular formula is C25H30F5N7O2. The standard InChI is InChI=1S/C25H30F5N7O2/c1-35(2)11-10-31-21(38)15-8-9-18(17(12-15)25(28,29)30)33-23-32-13-19-20(34-23)37(16-6-4-5-7-16)14-24(26,27)22(39)36(19)3/h8-9,12-13,16H,4-7,10-11,14H2,1-3H3,(H,31,38)(H,32,33,34). The Hall–Kier alpha value is -3.55. The normalized spacial score (nSPS) is 17.8. The van der Waals surface area contributed by atoms with Crippen molar-refractivity contribution in [3.05, 3.63) is 35.5 Å². The third-order valence-corrected chi connectivity index (χ3v) is 6.81. The average Bonchev–Trinajstić information content (AvgIpc) is 3.38. The summed E-state index contributed by atoms with van der Waals surface area (Å²) in [6.45, 7) is -0.128. The predicted molar refractivity (Wildman–Crippen MR) is 136 cm³/mol. The van der Waals surface area contributed by atoms with Crippen LogP contribution in [0.1, 0.15) is 41.6 Å². The number of hydrogen-bond donors (Lipinski definition) is 2.